The first-order chi connectivity index (χ1) is 21.5. The van der Waals surface area contributed by atoms with Crippen molar-refractivity contribution in [3.63, 3.8) is 0 Å². The van der Waals surface area contributed by atoms with Gasteiger partial charge in [0.1, 0.15) is 13.2 Å². The van der Waals surface area contributed by atoms with Gasteiger partial charge in [0.25, 0.3) is 0 Å². The monoisotopic (exact) mass is 649 g/mol. The molecule has 9 heteroatoms. The summed E-state index contributed by atoms with van der Waals surface area (Å²) in [5, 5.41) is 13.6. The largest absolute Gasteiger partial charge is 0.472 e. The molecular formula is C36H62N2O6P+. The maximum absolute atomic E-state index is 12.7. The van der Waals surface area contributed by atoms with E-state index in [-0.39, 0.29) is 25.5 Å². The lowest BCUT2D eigenvalue weighted by Gasteiger charge is -2.25. The Morgan fingerprint density at radius 3 is 1.76 bits per heavy atom. The first-order valence-corrected chi connectivity index (χ1v) is 18.0. The molecule has 1 amide bonds. The van der Waals surface area contributed by atoms with Gasteiger partial charge in [-0.25, -0.2) is 4.57 Å². The van der Waals surface area contributed by atoms with E-state index >= 15 is 0 Å². The number of hydrogen-bond donors (Lipinski definition) is 3. The quantitative estimate of drug-likeness (QED) is 0.0362. The third-order valence-corrected chi connectivity index (χ3v) is 7.34. The highest BCUT2D eigenvalue weighted by molar-refractivity contribution is 7.47. The second-order valence-electron chi connectivity index (χ2n) is 11.7. The van der Waals surface area contributed by atoms with E-state index in [9.17, 15) is 19.4 Å². The number of phosphoric acid groups is 1. The van der Waals surface area contributed by atoms with Crippen LogP contribution >= 0.6 is 7.82 Å². The van der Waals surface area contributed by atoms with Crippen molar-refractivity contribution in [1.82, 2.24) is 5.32 Å². The van der Waals surface area contributed by atoms with Crippen LogP contribution in [0.4, 0.5) is 0 Å². The van der Waals surface area contributed by atoms with Gasteiger partial charge in [0.15, 0.2) is 0 Å². The normalized spacial score (nSPS) is 16.0. The van der Waals surface area contributed by atoms with E-state index in [4.69, 9.17) is 9.05 Å². The summed E-state index contributed by atoms with van der Waals surface area (Å²) >= 11 is 0. The second-order valence-corrected chi connectivity index (χ2v) is 13.2. The predicted octanol–water partition coefficient (Wildman–Crippen LogP) is 7.90. The summed E-state index contributed by atoms with van der Waals surface area (Å²) in [6, 6.07) is -0.908. The number of aliphatic hydroxyl groups is 1. The van der Waals surface area contributed by atoms with E-state index in [0.717, 1.165) is 57.8 Å². The van der Waals surface area contributed by atoms with Gasteiger partial charge in [0.05, 0.1) is 39.9 Å². The molecule has 0 aliphatic carbocycles. The third kappa shape index (κ3) is 30.1. The molecule has 0 aromatic heterocycles. The summed E-state index contributed by atoms with van der Waals surface area (Å²) in [4.78, 5) is 22.8. The van der Waals surface area contributed by atoms with Crippen molar-refractivity contribution in [3.8, 4) is 0 Å². The summed E-state index contributed by atoms with van der Waals surface area (Å²) < 4.78 is 23.3. The highest BCUT2D eigenvalue weighted by Crippen LogP contribution is 2.43. The Bertz CT molecular complexity index is 1010. The minimum absolute atomic E-state index is 0.0358. The number of hydrogen-bond acceptors (Lipinski definition) is 5. The summed E-state index contributed by atoms with van der Waals surface area (Å²) in [5.74, 6) is -0.280. The van der Waals surface area contributed by atoms with Crippen molar-refractivity contribution < 1.29 is 32.9 Å². The maximum atomic E-state index is 12.7. The van der Waals surface area contributed by atoms with E-state index in [1.54, 1.807) is 6.08 Å². The Kier molecular flexibility index (Phi) is 26.5. The van der Waals surface area contributed by atoms with Crippen molar-refractivity contribution in [3.05, 3.63) is 85.1 Å². The number of carbonyl (C=O) groups is 1. The number of allylic oxidation sites excluding steroid dienone is 13. The van der Waals surface area contributed by atoms with Crippen LogP contribution in [0.15, 0.2) is 85.1 Å². The number of rotatable bonds is 27. The third-order valence-electron chi connectivity index (χ3n) is 6.35. The highest BCUT2D eigenvalue weighted by Gasteiger charge is 2.27. The van der Waals surface area contributed by atoms with Gasteiger partial charge in [-0.3, -0.25) is 13.8 Å². The molecule has 3 unspecified atom stereocenters. The fourth-order valence-corrected chi connectivity index (χ4v) is 4.47. The van der Waals surface area contributed by atoms with Crippen LogP contribution in [0.2, 0.25) is 0 Å². The van der Waals surface area contributed by atoms with Crippen LogP contribution in [0, 0.1) is 0 Å². The van der Waals surface area contributed by atoms with Gasteiger partial charge in [-0.1, -0.05) is 98.9 Å². The summed E-state index contributed by atoms with van der Waals surface area (Å²) in [7, 11) is 1.48. The van der Waals surface area contributed by atoms with E-state index in [1.165, 1.54) is 0 Å². The molecule has 0 spiro atoms. The number of nitrogens with zero attached hydrogens (tertiary/aromatic N) is 1. The van der Waals surface area contributed by atoms with E-state index < -0.39 is 20.0 Å². The lowest BCUT2D eigenvalue weighted by Crippen LogP contribution is -2.45. The number of nitrogens with one attached hydrogen (secondary N) is 1. The van der Waals surface area contributed by atoms with Gasteiger partial charge in [-0.2, -0.15) is 0 Å². The molecule has 0 radical (unpaired) electrons. The Morgan fingerprint density at radius 2 is 1.20 bits per heavy atom. The van der Waals surface area contributed by atoms with Crippen molar-refractivity contribution >= 4 is 13.7 Å². The first-order valence-electron chi connectivity index (χ1n) is 16.5. The van der Waals surface area contributed by atoms with Crippen molar-refractivity contribution in [2.24, 2.45) is 0 Å². The number of likely N-dealkylation sites (N-methyl/N-ethyl adjacent to an activating group) is 1. The van der Waals surface area contributed by atoms with Crippen LogP contribution in [-0.2, 0) is 18.4 Å². The van der Waals surface area contributed by atoms with E-state index in [0.29, 0.717) is 17.4 Å². The second kappa shape index (κ2) is 27.9. The van der Waals surface area contributed by atoms with Crippen molar-refractivity contribution in [1.29, 1.82) is 0 Å². The summed E-state index contributed by atoms with van der Waals surface area (Å²) in [6.07, 6.45) is 36.8. The van der Waals surface area contributed by atoms with Crippen molar-refractivity contribution in [2.75, 3.05) is 40.9 Å². The number of unbranched alkanes of at least 4 members (excludes halogenated alkanes) is 2. The molecule has 0 bridgehead atoms. The average Bonchev–Trinajstić information content (AvgIpc) is 2.97. The molecule has 8 nitrogen and oxygen atoms in total. The molecule has 256 valence electrons. The fraction of sp³-hybridized carbons (Fsp3) is 0.583. The number of carbonyl (C=O) groups excluding carboxylic acids is 1. The zero-order valence-electron chi connectivity index (χ0n) is 28.6. The van der Waals surface area contributed by atoms with Gasteiger partial charge >= 0.3 is 7.82 Å². The minimum atomic E-state index is -4.36. The summed E-state index contributed by atoms with van der Waals surface area (Å²) in [6.45, 7) is 4.42. The minimum Gasteiger partial charge on any atom is -0.387 e. The molecule has 0 saturated carbocycles. The molecule has 0 heterocycles. The standard InChI is InChI=1S/C36H61N2O6P/c1-6-8-10-12-14-16-18-19-20-22-24-26-28-30-36(40)37-34(33-44-45(41,42)43-32-31-38(3,4)5)35(39)29-27-25-23-21-17-15-13-11-9-7-2/h8-11,14,16-17,19-21,24,26-27,29,34-35,39H,6-7,12-13,15,18,22-23,25,28,30-33H2,1-5H3,(H-,37,40,41,42)/p+1/b10-8-,11-9+,16-14-,20-19-,21-17+,26-24-,29-27+. The van der Waals surface area contributed by atoms with Gasteiger partial charge < -0.3 is 19.8 Å². The molecule has 0 aliphatic heterocycles. The molecule has 0 aliphatic rings. The van der Waals surface area contributed by atoms with Crippen molar-refractivity contribution in [2.45, 2.75) is 96.6 Å². The molecule has 3 atom stereocenters. The molecule has 0 fully saturated rings. The van der Waals surface area contributed by atoms with Crippen LogP contribution in [0.25, 0.3) is 0 Å². The van der Waals surface area contributed by atoms with Crippen LogP contribution in [-0.4, -0.2) is 73.4 Å². The SMILES string of the molecule is CC/C=C\C/C=C\C/C=C\C/C=C\CCC(=O)NC(COP(=O)(O)OCC[N+](C)(C)C)C(O)/C=C/CC/C=C/CC/C=C/CC. The number of aliphatic hydroxyl groups excluding tert-OH is 1. The van der Waals surface area contributed by atoms with Crippen LogP contribution in [0.5, 0.6) is 0 Å². The van der Waals surface area contributed by atoms with Gasteiger partial charge in [0, 0.05) is 6.42 Å². The van der Waals surface area contributed by atoms with Gasteiger partial charge in [0.2, 0.25) is 5.91 Å². The van der Waals surface area contributed by atoms with Crippen LogP contribution in [0.3, 0.4) is 0 Å². The molecule has 3 N–H and O–H groups in total. The number of quaternary nitrogens is 1. The van der Waals surface area contributed by atoms with Crippen LogP contribution < -0.4 is 5.32 Å². The highest BCUT2D eigenvalue weighted by atomic mass is 31.2. The average molecular weight is 650 g/mol. The molecule has 45 heavy (non-hydrogen) atoms. The Labute approximate surface area is 274 Å². The van der Waals surface area contributed by atoms with E-state index in [2.05, 4.69) is 79.9 Å². The summed E-state index contributed by atoms with van der Waals surface area (Å²) in [5.41, 5.74) is 0. The fourth-order valence-electron chi connectivity index (χ4n) is 3.73. The Balaban J connectivity index is 4.84. The molecule has 0 aromatic rings. The maximum Gasteiger partial charge on any atom is 0.472 e. The molecular weight excluding hydrogens is 587 g/mol. The van der Waals surface area contributed by atoms with Gasteiger partial charge in [-0.15, -0.1) is 0 Å². The van der Waals surface area contributed by atoms with E-state index in [1.807, 2.05) is 39.4 Å². The zero-order chi connectivity index (χ0) is 33.7. The molecule has 0 rings (SSSR count). The molecule has 0 saturated heterocycles. The van der Waals surface area contributed by atoms with Gasteiger partial charge in [-0.05, 0) is 64.2 Å². The first kappa shape index (κ1) is 42.7. The predicted molar refractivity (Wildman–Crippen MR) is 189 cm³/mol. The molecule has 0 aromatic carbocycles. The zero-order valence-corrected chi connectivity index (χ0v) is 29.5. The lowest BCUT2D eigenvalue weighted by atomic mass is 10.1. The Morgan fingerprint density at radius 1 is 0.733 bits per heavy atom. The number of amides is 1. The number of phosphoric ester groups is 1. The lowest BCUT2D eigenvalue weighted by molar-refractivity contribution is -0.870. The van der Waals surface area contributed by atoms with Crippen LogP contribution in [0.1, 0.15) is 84.5 Å². The Hall–Kier alpha value is -2.32. The smallest absolute Gasteiger partial charge is 0.387 e. The topological polar surface area (TPSA) is 105 Å².